The van der Waals surface area contributed by atoms with Gasteiger partial charge in [0.25, 0.3) is 0 Å². The molecule has 0 unspecified atom stereocenters. The molecule has 56 valence electrons. The van der Waals surface area contributed by atoms with Crippen LogP contribution in [0.2, 0.25) is 0 Å². The lowest BCUT2D eigenvalue weighted by Crippen LogP contribution is -2.25. The monoisotopic (exact) mass is 141 g/mol. The van der Waals surface area contributed by atoms with Crippen LogP contribution in [0.5, 0.6) is 0 Å². The normalized spacial score (nSPS) is 15.3. The number of hydrogen-bond donors (Lipinski definition) is 1. The van der Waals surface area contributed by atoms with Crippen LogP contribution >= 0.6 is 0 Å². The largest absolute Gasteiger partial charge is 0.480 e. The maximum atomic E-state index is 10.4. The van der Waals surface area contributed by atoms with E-state index < -0.39 is 11.4 Å². The highest BCUT2D eigenvalue weighted by Crippen LogP contribution is 2.21. The Morgan fingerprint density at radius 1 is 1.80 bits per heavy atom. The van der Waals surface area contributed by atoms with Gasteiger partial charge in [0.15, 0.2) is 5.41 Å². The highest BCUT2D eigenvalue weighted by Gasteiger charge is 2.31. The Bertz CT molecular complexity index is 171. The number of rotatable bonds is 3. The molecular weight excluding hydrogens is 130 g/mol. The summed E-state index contributed by atoms with van der Waals surface area (Å²) in [5, 5.41) is 17.0. The minimum Gasteiger partial charge on any atom is -0.480 e. The first-order valence-electron chi connectivity index (χ1n) is 3.21. The molecule has 0 aliphatic heterocycles. The van der Waals surface area contributed by atoms with E-state index in [1.165, 1.54) is 6.92 Å². The first-order valence-corrected chi connectivity index (χ1v) is 3.21. The molecule has 0 heterocycles. The topological polar surface area (TPSA) is 61.1 Å². The van der Waals surface area contributed by atoms with E-state index in [0.717, 1.165) is 6.42 Å². The standard InChI is InChI=1S/C7H11NO2/c1-3-4-7(2,5-8)6(9)10/h3-4H2,1-2H3,(H,9,10)/t7-/m0/s1. The Morgan fingerprint density at radius 2 is 2.30 bits per heavy atom. The molecule has 3 nitrogen and oxygen atoms in total. The Balaban J connectivity index is 4.27. The van der Waals surface area contributed by atoms with Crippen LogP contribution < -0.4 is 0 Å². The number of carbonyl (C=O) groups is 1. The smallest absolute Gasteiger partial charge is 0.323 e. The van der Waals surface area contributed by atoms with Crippen LogP contribution in [-0.2, 0) is 4.79 Å². The number of carboxylic acids is 1. The van der Waals surface area contributed by atoms with Crippen molar-refractivity contribution >= 4 is 5.97 Å². The summed E-state index contributed by atoms with van der Waals surface area (Å²) >= 11 is 0. The zero-order valence-corrected chi connectivity index (χ0v) is 6.22. The van der Waals surface area contributed by atoms with E-state index >= 15 is 0 Å². The molecule has 1 atom stereocenters. The van der Waals surface area contributed by atoms with Gasteiger partial charge < -0.3 is 5.11 Å². The highest BCUT2D eigenvalue weighted by atomic mass is 16.4. The van der Waals surface area contributed by atoms with E-state index in [1.54, 1.807) is 6.07 Å². The molecule has 0 amide bonds. The van der Waals surface area contributed by atoms with E-state index in [0.29, 0.717) is 6.42 Å². The molecule has 0 aromatic carbocycles. The molecule has 10 heavy (non-hydrogen) atoms. The summed E-state index contributed by atoms with van der Waals surface area (Å²) in [6.45, 7) is 3.30. The second-order valence-corrected chi connectivity index (χ2v) is 2.50. The van der Waals surface area contributed by atoms with E-state index in [2.05, 4.69) is 0 Å². The fourth-order valence-corrected chi connectivity index (χ4v) is 0.711. The van der Waals surface area contributed by atoms with Gasteiger partial charge in [-0.05, 0) is 13.3 Å². The number of aliphatic carboxylic acids is 1. The molecule has 0 saturated heterocycles. The van der Waals surface area contributed by atoms with E-state index in [-0.39, 0.29) is 0 Å². The summed E-state index contributed by atoms with van der Waals surface area (Å²) in [5.74, 6) is -1.03. The minimum absolute atomic E-state index is 0.416. The molecule has 0 aromatic rings. The molecule has 0 rings (SSSR count). The van der Waals surface area contributed by atoms with Crippen molar-refractivity contribution in [3.8, 4) is 6.07 Å². The zero-order chi connectivity index (χ0) is 8.20. The van der Waals surface area contributed by atoms with Crippen molar-refractivity contribution in [3.05, 3.63) is 0 Å². The van der Waals surface area contributed by atoms with Gasteiger partial charge in [0.2, 0.25) is 0 Å². The summed E-state index contributed by atoms with van der Waals surface area (Å²) in [4.78, 5) is 10.4. The van der Waals surface area contributed by atoms with Crippen molar-refractivity contribution in [2.45, 2.75) is 26.7 Å². The number of hydrogen-bond acceptors (Lipinski definition) is 2. The molecule has 0 spiro atoms. The average molecular weight is 141 g/mol. The van der Waals surface area contributed by atoms with Crippen LogP contribution in [-0.4, -0.2) is 11.1 Å². The second-order valence-electron chi connectivity index (χ2n) is 2.50. The molecular formula is C7H11NO2. The predicted octanol–water partition coefficient (Wildman–Crippen LogP) is 1.40. The molecule has 1 N–H and O–H groups in total. The van der Waals surface area contributed by atoms with Crippen LogP contribution in [0.4, 0.5) is 0 Å². The van der Waals surface area contributed by atoms with Crippen molar-refractivity contribution < 1.29 is 9.90 Å². The lowest BCUT2D eigenvalue weighted by molar-refractivity contribution is -0.145. The summed E-state index contributed by atoms with van der Waals surface area (Å²) < 4.78 is 0. The highest BCUT2D eigenvalue weighted by molar-refractivity contribution is 5.77. The molecule has 0 fully saturated rings. The van der Waals surface area contributed by atoms with Gasteiger partial charge in [-0.25, -0.2) is 0 Å². The maximum absolute atomic E-state index is 10.4. The Kier molecular flexibility index (Phi) is 2.88. The van der Waals surface area contributed by atoms with Gasteiger partial charge in [-0.1, -0.05) is 13.3 Å². The van der Waals surface area contributed by atoms with Crippen LogP contribution in [0, 0.1) is 16.7 Å². The molecule has 3 heteroatoms. The summed E-state index contributed by atoms with van der Waals surface area (Å²) in [6, 6.07) is 1.78. The van der Waals surface area contributed by atoms with Crippen molar-refractivity contribution in [1.29, 1.82) is 5.26 Å². The number of nitrogens with zero attached hydrogens (tertiary/aromatic N) is 1. The molecule has 0 aromatic heterocycles. The quantitative estimate of drug-likeness (QED) is 0.646. The minimum atomic E-state index is -1.19. The lowest BCUT2D eigenvalue weighted by Gasteiger charge is -2.13. The van der Waals surface area contributed by atoms with Crippen LogP contribution in [0.15, 0.2) is 0 Å². The first kappa shape index (κ1) is 8.96. The van der Waals surface area contributed by atoms with Gasteiger partial charge in [-0.3, -0.25) is 4.79 Å². The van der Waals surface area contributed by atoms with Gasteiger partial charge in [-0.2, -0.15) is 5.26 Å². The van der Waals surface area contributed by atoms with Gasteiger partial charge in [-0.15, -0.1) is 0 Å². The molecule has 0 radical (unpaired) electrons. The Labute approximate surface area is 60.3 Å². The Hall–Kier alpha value is -1.04. The van der Waals surface area contributed by atoms with E-state index in [4.69, 9.17) is 10.4 Å². The maximum Gasteiger partial charge on any atom is 0.323 e. The van der Waals surface area contributed by atoms with Gasteiger partial charge in [0, 0.05) is 0 Å². The third-order valence-electron chi connectivity index (χ3n) is 1.47. The first-order chi connectivity index (χ1) is 4.56. The van der Waals surface area contributed by atoms with E-state index in [9.17, 15) is 4.79 Å². The average Bonchev–Trinajstić information content (AvgIpc) is 1.88. The number of nitriles is 1. The van der Waals surface area contributed by atoms with Crippen molar-refractivity contribution in [3.63, 3.8) is 0 Å². The number of carboxylic acid groups (broad SMARTS) is 1. The summed E-state index contributed by atoms with van der Waals surface area (Å²) in [7, 11) is 0. The van der Waals surface area contributed by atoms with Crippen LogP contribution in [0.1, 0.15) is 26.7 Å². The zero-order valence-electron chi connectivity index (χ0n) is 6.22. The molecule has 0 aliphatic carbocycles. The molecule has 0 aliphatic rings. The van der Waals surface area contributed by atoms with Crippen LogP contribution in [0.25, 0.3) is 0 Å². The lowest BCUT2D eigenvalue weighted by atomic mass is 9.88. The predicted molar refractivity (Wildman–Crippen MR) is 36.3 cm³/mol. The van der Waals surface area contributed by atoms with Crippen molar-refractivity contribution in [1.82, 2.24) is 0 Å². The van der Waals surface area contributed by atoms with Gasteiger partial charge in [0.05, 0.1) is 6.07 Å². The third kappa shape index (κ3) is 1.73. The van der Waals surface area contributed by atoms with Gasteiger partial charge >= 0.3 is 5.97 Å². The SMILES string of the molecule is CCC[C@@](C)(C#N)C(=O)O. The molecule has 0 saturated carbocycles. The van der Waals surface area contributed by atoms with Crippen molar-refractivity contribution in [2.75, 3.05) is 0 Å². The fraction of sp³-hybridized carbons (Fsp3) is 0.714. The fourth-order valence-electron chi connectivity index (χ4n) is 0.711. The second kappa shape index (κ2) is 3.21. The van der Waals surface area contributed by atoms with E-state index in [1.807, 2.05) is 6.92 Å². The summed E-state index contributed by atoms with van der Waals surface area (Å²) in [6.07, 6.45) is 1.13. The summed E-state index contributed by atoms with van der Waals surface area (Å²) in [5.41, 5.74) is -1.19. The van der Waals surface area contributed by atoms with Gasteiger partial charge in [0.1, 0.15) is 0 Å². The Morgan fingerprint density at radius 3 is 2.40 bits per heavy atom. The molecule has 0 bridgehead atoms. The third-order valence-corrected chi connectivity index (χ3v) is 1.47. The van der Waals surface area contributed by atoms with Crippen LogP contribution in [0.3, 0.4) is 0 Å². The van der Waals surface area contributed by atoms with Crippen molar-refractivity contribution in [2.24, 2.45) is 5.41 Å².